The first-order chi connectivity index (χ1) is 9.72. The fourth-order valence-electron chi connectivity index (χ4n) is 2.93. The van der Waals surface area contributed by atoms with Crippen molar-refractivity contribution in [1.29, 1.82) is 0 Å². The fourth-order valence-corrected chi connectivity index (χ4v) is 2.93. The molecule has 0 aliphatic heterocycles. The van der Waals surface area contributed by atoms with Crippen LogP contribution in [0, 0.1) is 11.3 Å². The minimum Gasteiger partial charge on any atom is -0.481 e. The predicted molar refractivity (Wildman–Crippen MR) is 68.5 cm³/mol. The smallest absolute Gasteiger partial charge is 0.406 e. The van der Waals surface area contributed by atoms with E-state index in [1.807, 2.05) is 0 Å². The first-order valence-corrected chi connectivity index (χ1v) is 7.30. The van der Waals surface area contributed by atoms with Crippen molar-refractivity contribution >= 4 is 11.9 Å². The molecule has 21 heavy (non-hydrogen) atoms. The van der Waals surface area contributed by atoms with Crippen molar-refractivity contribution in [3.63, 3.8) is 0 Å². The predicted octanol–water partition coefficient (Wildman–Crippen LogP) is 2.82. The lowest BCUT2D eigenvalue weighted by Gasteiger charge is -2.39. The molecule has 0 aromatic rings. The SMILES string of the molecule is O=C(CC1(C(=O)O)CCC1)N(CC1CCC1)CC(F)(F)F. The Morgan fingerprint density at radius 1 is 1.19 bits per heavy atom. The average Bonchev–Trinajstić information content (AvgIpc) is 2.24. The molecule has 7 heteroatoms. The van der Waals surface area contributed by atoms with Crippen molar-refractivity contribution in [1.82, 2.24) is 4.90 Å². The van der Waals surface area contributed by atoms with Crippen LogP contribution >= 0.6 is 0 Å². The average molecular weight is 307 g/mol. The van der Waals surface area contributed by atoms with Gasteiger partial charge in [-0.25, -0.2) is 0 Å². The monoisotopic (exact) mass is 307 g/mol. The van der Waals surface area contributed by atoms with Crippen molar-refractivity contribution in [2.24, 2.45) is 11.3 Å². The Balaban J connectivity index is 2.00. The minimum atomic E-state index is -4.45. The molecule has 2 aliphatic rings. The van der Waals surface area contributed by atoms with Crippen molar-refractivity contribution in [2.45, 2.75) is 51.1 Å². The molecule has 0 aromatic carbocycles. The maximum Gasteiger partial charge on any atom is 0.406 e. The highest BCUT2D eigenvalue weighted by Crippen LogP contribution is 2.44. The summed E-state index contributed by atoms with van der Waals surface area (Å²) in [6.07, 6.45) is -0.647. The first-order valence-electron chi connectivity index (χ1n) is 7.30. The molecular weight excluding hydrogens is 287 g/mol. The molecule has 0 heterocycles. The molecule has 2 saturated carbocycles. The zero-order valence-electron chi connectivity index (χ0n) is 11.8. The van der Waals surface area contributed by atoms with Crippen molar-refractivity contribution in [3.8, 4) is 0 Å². The summed E-state index contributed by atoms with van der Waals surface area (Å²) in [4.78, 5) is 24.2. The summed E-state index contributed by atoms with van der Waals surface area (Å²) in [5, 5.41) is 9.19. The van der Waals surface area contributed by atoms with Crippen LogP contribution in [0.4, 0.5) is 13.2 Å². The summed E-state index contributed by atoms with van der Waals surface area (Å²) in [5.41, 5.74) is -1.14. The summed E-state index contributed by atoms with van der Waals surface area (Å²) < 4.78 is 37.8. The summed E-state index contributed by atoms with van der Waals surface area (Å²) in [6, 6.07) is 0. The molecule has 0 radical (unpaired) electrons. The molecule has 0 bridgehead atoms. The van der Waals surface area contributed by atoms with E-state index in [1.54, 1.807) is 0 Å². The van der Waals surface area contributed by atoms with Gasteiger partial charge in [0.05, 0.1) is 5.41 Å². The minimum absolute atomic E-state index is 0.0913. The van der Waals surface area contributed by atoms with E-state index in [1.165, 1.54) is 0 Å². The number of alkyl halides is 3. The first kappa shape index (κ1) is 16.1. The van der Waals surface area contributed by atoms with Gasteiger partial charge in [0.15, 0.2) is 0 Å². The molecule has 2 rings (SSSR count). The second-order valence-electron chi connectivity index (χ2n) is 6.30. The maximum absolute atomic E-state index is 12.6. The zero-order chi connectivity index (χ0) is 15.7. The molecular formula is C14H20F3NO3. The van der Waals surface area contributed by atoms with Crippen LogP contribution in [0.5, 0.6) is 0 Å². The van der Waals surface area contributed by atoms with E-state index in [2.05, 4.69) is 0 Å². The second kappa shape index (κ2) is 5.85. The third kappa shape index (κ3) is 3.89. The topological polar surface area (TPSA) is 57.6 Å². The van der Waals surface area contributed by atoms with E-state index in [-0.39, 0.29) is 18.9 Å². The van der Waals surface area contributed by atoms with Crippen LogP contribution in [-0.2, 0) is 9.59 Å². The molecule has 0 atom stereocenters. The number of rotatable bonds is 6. The Kier molecular flexibility index (Phi) is 4.49. The van der Waals surface area contributed by atoms with Crippen LogP contribution in [0.3, 0.4) is 0 Å². The Bertz CT molecular complexity index is 414. The van der Waals surface area contributed by atoms with Crippen LogP contribution in [0.15, 0.2) is 0 Å². The molecule has 0 saturated heterocycles. The third-order valence-corrected chi connectivity index (χ3v) is 4.68. The molecule has 0 aromatic heterocycles. The third-order valence-electron chi connectivity index (χ3n) is 4.68. The highest BCUT2D eigenvalue weighted by Gasteiger charge is 2.47. The van der Waals surface area contributed by atoms with Crippen LogP contribution in [-0.4, -0.2) is 41.1 Å². The standard InChI is InChI=1S/C14H20F3NO3/c15-14(16,17)9-18(8-10-3-1-4-10)11(19)7-13(12(20)21)5-2-6-13/h10H,1-9H2,(H,20,21). The second-order valence-corrected chi connectivity index (χ2v) is 6.30. The zero-order valence-corrected chi connectivity index (χ0v) is 11.8. The van der Waals surface area contributed by atoms with Gasteiger partial charge >= 0.3 is 12.1 Å². The number of carbonyl (C=O) groups is 2. The number of nitrogens with zero attached hydrogens (tertiary/aromatic N) is 1. The van der Waals surface area contributed by atoms with Gasteiger partial charge in [-0.15, -0.1) is 0 Å². The van der Waals surface area contributed by atoms with Crippen LogP contribution in [0.2, 0.25) is 0 Å². The number of carboxylic acid groups (broad SMARTS) is 1. The fraction of sp³-hybridized carbons (Fsp3) is 0.857. The van der Waals surface area contributed by atoms with Gasteiger partial charge in [-0.05, 0) is 31.6 Å². The number of hydrogen-bond donors (Lipinski definition) is 1. The molecule has 2 aliphatic carbocycles. The van der Waals surface area contributed by atoms with Gasteiger partial charge in [-0.1, -0.05) is 12.8 Å². The van der Waals surface area contributed by atoms with E-state index in [4.69, 9.17) is 0 Å². The molecule has 4 nitrogen and oxygen atoms in total. The molecule has 0 spiro atoms. The van der Waals surface area contributed by atoms with E-state index >= 15 is 0 Å². The van der Waals surface area contributed by atoms with Crippen molar-refractivity contribution < 1.29 is 27.9 Å². The number of carbonyl (C=O) groups excluding carboxylic acids is 1. The molecule has 0 unspecified atom stereocenters. The van der Waals surface area contributed by atoms with Gasteiger partial charge in [0.1, 0.15) is 6.54 Å². The van der Waals surface area contributed by atoms with Gasteiger partial charge in [0, 0.05) is 13.0 Å². The van der Waals surface area contributed by atoms with Gasteiger partial charge < -0.3 is 10.0 Å². The molecule has 1 N–H and O–H groups in total. The summed E-state index contributed by atoms with van der Waals surface area (Å²) >= 11 is 0. The normalized spacial score (nSPS) is 21.3. The lowest BCUT2D eigenvalue weighted by molar-refractivity contribution is -0.169. The Morgan fingerprint density at radius 3 is 2.14 bits per heavy atom. The number of halogens is 3. The van der Waals surface area contributed by atoms with Gasteiger partial charge in [0.2, 0.25) is 5.91 Å². The van der Waals surface area contributed by atoms with Crippen molar-refractivity contribution in [2.75, 3.05) is 13.1 Å². The van der Waals surface area contributed by atoms with E-state index in [9.17, 15) is 27.9 Å². The van der Waals surface area contributed by atoms with Crippen LogP contribution < -0.4 is 0 Å². The summed E-state index contributed by atoms with van der Waals surface area (Å²) in [6.45, 7) is -1.19. The molecule has 120 valence electrons. The van der Waals surface area contributed by atoms with Crippen molar-refractivity contribution in [3.05, 3.63) is 0 Å². The van der Waals surface area contributed by atoms with Gasteiger partial charge in [-0.3, -0.25) is 9.59 Å². The number of hydrogen-bond acceptors (Lipinski definition) is 2. The Morgan fingerprint density at radius 2 is 1.81 bits per heavy atom. The summed E-state index contributed by atoms with van der Waals surface area (Å²) in [5.74, 6) is -1.63. The number of amides is 1. The number of carboxylic acids is 1. The highest BCUT2D eigenvalue weighted by molar-refractivity contribution is 5.85. The lowest BCUT2D eigenvalue weighted by atomic mass is 9.66. The Labute approximate surface area is 121 Å². The van der Waals surface area contributed by atoms with Gasteiger partial charge in [-0.2, -0.15) is 13.2 Å². The summed E-state index contributed by atoms with van der Waals surface area (Å²) in [7, 11) is 0. The maximum atomic E-state index is 12.6. The van der Waals surface area contributed by atoms with Crippen LogP contribution in [0.25, 0.3) is 0 Å². The van der Waals surface area contributed by atoms with E-state index in [0.29, 0.717) is 19.3 Å². The van der Waals surface area contributed by atoms with E-state index < -0.39 is 30.0 Å². The van der Waals surface area contributed by atoms with E-state index in [0.717, 1.165) is 24.2 Å². The highest BCUT2D eigenvalue weighted by atomic mass is 19.4. The van der Waals surface area contributed by atoms with Crippen LogP contribution in [0.1, 0.15) is 44.9 Å². The molecule has 2 fully saturated rings. The lowest BCUT2D eigenvalue weighted by Crippen LogP contribution is -2.48. The Hall–Kier alpha value is -1.27. The number of aliphatic carboxylic acids is 1. The quantitative estimate of drug-likeness (QED) is 0.821. The largest absolute Gasteiger partial charge is 0.481 e. The van der Waals surface area contributed by atoms with Gasteiger partial charge in [0.25, 0.3) is 0 Å². The molecule has 1 amide bonds.